The number of benzene rings is 1. The lowest BCUT2D eigenvalue weighted by molar-refractivity contribution is -0.121. The fourth-order valence-electron chi connectivity index (χ4n) is 1.67. The highest BCUT2D eigenvalue weighted by molar-refractivity contribution is 7.89. The van der Waals surface area contributed by atoms with Gasteiger partial charge in [-0.1, -0.05) is 32.0 Å². The fourth-order valence-corrected chi connectivity index (χ4v) is 2.67. The second-order valence-corrected chi connectivity index (χ2v) is 6.61. The zero-order valence-electron chi connectivity index (χ0n) is 12.3. The van der Waals surface area contributed by atoms with E-state index in [4.69, 9.17) is 0 Å². The summed E-state index contributed by atoms with van der Waals surface area (Å²) in [5.41, 5.74) is -0.950. The molecule has 6 nitrogen and oxygen atoms in total. The van der Waals surface area contributed by atoms with Gasteiger partial charge in [-0.15, -0.1) is 0 Å². The largest absolute Gasteiger partial charge is 0.388 e. The van der Waals surface area contributed by atoms with Gasteiger partial charge in [-0.2, -0.15) is 0 Å². The molecule has 1 amide bonds. The Balaban J connectivity index is 2.50. The number of hydrogen-bond donors (Lipinski definition) is 3. The van der Waals surface area contributed by atoms with Crippen LogP contribution in [0.5, 0.6) is 0 Å². The SMILES string of the molecule is CCC(O)(CC)CNC(=O)CNS(=O)(=O)c1ccccc1. The van der Waals surface area contributed by atoms with Gasteiger partial charge < -0.3 is 10.4 Å². The van der Waals surface area contributed by atoms with E-state index < -0.39 is 21.5 Å². The molecule has 0 radical (unpaired) electrons. The van der Waals surface area contributed by atoms with Crippen LogP contribution in [0.3, 0.4) is 0 Å². The van der Waals surface area contributed by atoms with Gasteiger partial charge in [0.1, 0.15) is 0 Å². The van der Waals surface area contributed by atoms with Crippen LogP contribution < -0.4 is 10.0 Å². The highest BCUT2D eigenvalue weighted by Gasteiger charge is 2.23. The summed E-state index contributed by atoms with van der Waals surface area (Å²) in [4.78, 5) is 11.8. The maximum absolute atomic E-state index is 11.9. The Labute approximate surface area is 125 Å². The lowest BCUT2D eigenvalue weighted by Gasteiger charge is -2.25. The van der Waals surface area contributed by atoms with Gasteiger partial charge in [0, 0.05) is 6.54 Å². The van der Waals surface area contributed by atoms with Crippen molar-refractivity contribution < 1.29 is 18.3 Å². The minimum atomic E-state index is -3.69. The van der Waals surface area contributed by atoms with Gasteiger partial charge in [0.2, 0.25) is 15.9 Å². The van der Waals surface area contributed by atoms with Gasteiger partial charge in [-0.3, -0.25) is 4.79 Å². The van der Waals surface area contributed by atoms with Crippen molar-refractivity contribution in [2.45, 2.75) is 37.2 Å². The molecule has 0 spiro atoms. The number of rotatable bonds is 8. The molecule has 0 saturated heterocycles. The van der Waals surface area contributed by atoms with Crippen molar-refractivity contribution in [3.63, 3.8) is 0 Å². The summed E-state index contributed by atoms with van der Waals surface area (Å²) in [7, 11) is -3.69. The number of amides is 1. The summed E-state index contributed by atoms with van der Waals surface area (Å²) in [6.07, 6.45) is 1.03. The second-order valence-electron chi connectivity index (χ2n) is 4.85. The number of nitrogens with one attached hydrogen (secondary N) is 2. The van der Waals surface area contributed by atoms with Gasteiger partial charge in [0.25, 0.3) is 0 Å². The van der Waals surface area contributed by atoms with E-state index in [9.17, 15) is 18.3 Å². The first kappa shape index (κ1) is 17.6. The van der Waals surface area contributed by atoms with Gasteiger partial charge in [-0.25, -0.2) is 13.1 Å². The van der Waals surface area contributed by atoms with Crippen molar-refractivity contribution >= 4 is 15.9 Å². The van der Waals surface area contributed by atoms with E-state index in [-0.39, 0.29) is 18.0 Å². The second kappa shape index (κ2) is 7.53. The Morgan fingerprint density at radius 1 is 1.19 bits per heavy atom. The van der Waals surface area contributed by atoms with Crippen LogP contribution in [0.15, 0.2) is 35.2 Å². The number of sulfonamides is 1. The van der Waals surface area contributed by atoms with Crippen LogP contribution in [0.2, 0.25) is 0 Å². The average molecular weight is 314 g/mol. The maximum atomic E-state index is 11.9. The molecule has 118 valence electrons. The molecule has 1 aromatic carbocycles. The van der Waals surface area contributed by atoms with Gasteiger partial charge in [0.15, 0.2) is 0 Å². The molecule has 0 aliphatic rings. The maximum Gasteiger partial charge on any atom is 0.241 e. The van der Waals surface area contributed by atoms with Crippen LogP contribution in [0.25, 0.3) is 0 Å². The third-order valence-electron chi connectivity index (χ3n) is 3.41. The van der Waals surface area contributed by atoms with Crippen molar-refractivity contribution in [3.8, 4) is 0 Å². The third kappa shape index (κ3) is 5.45. The van der Waals surface area contributed by atoms with Crippen molar-refractivity contribution in [3.05, 3.63) is 30.3 Å². The standard InChI is InChI=1S/C14H22N2O4S/c1-3-14(18,4-2)11-15-13(17)10-16-21(19,20)12-8-6-5-7-9-12/h5-9,16,18H,3-4,10-11H2,1-2H3,(H,15,17). The van der Waals surface area contributed by atoms with E-state index >= 15 is 0 Å². The minimum absolute atomic E-state index is 0.103. The molecule has 0 saturated carbocycles. The molecule has 0 aromatic heterocycles. The van der Waals surface area contributed by atoms with E-state index in [0.717, 1.165) is 0 Å². The fraction of sp³-hybridized carbons (Fsp3) is 0.500. The molecular formula is C14H22N2O4S. The Morgan fingerprint density at radius 2 is 1.76 bits per heavy atom. The van der Waals surface area contributed by atoms with Crippen molar-refractivity contribution in [2.24, 2.45) is 0 Å². The molecule has 3 N–H and O–H groups in total. The predicted octanol–water partition coefficient (Wildman–Crippen LogP) is 0.632. The summed E-state index contributed by atoms with van der Waals surface area (Å²) in [5, 5.41) is 12.6. The summed E-state index contributed by atoms with van der Waals surface area (Å²) >= 11 is 0. The number of carbonyl (C=O) groups excluding carboxylic acids is 1. The predicted molar refractivity (Wildman–Crippen MR) is 80.2 cm³/mol. The molecule has 0 aliphatic carbocycles. The molecule has 0 heterocycles. The average Bonchev–Trinajstić information content (AvgIpc) is 2.51. The zero-order chi connectivity index (χ0) is 15.9. The number of hydrogen-bond acceptors (Lipinski definition) is 4. The molecule has 21 heavy (non-hydrogen) atoms. The minimum Gasteiger partial charge on any atom is -0.388 e. The van der Waals surface area contributed by atoms with Crippen molar-refractivity contribution in [1.29, 1.82) is 0 Å². The van der Waals surface area contributed by atoms with E-state index in [1.807, 2.05) is 13.8 Å². The molecule has 1 aromatic rings. The van der Waals surface area contributed by atoms with Crippen LogP contribution in [0.4, 0.5) is 0 Å². The monoisotopic (exact) mass is 314 g/mol. The molecule has 0 bridgehead atoms. The van der Waals surface area contributed by atoms with Crippen molar-refractivity contribution in [1.82, 2.24) is 10.0 Å². The molecule has 0 aliphatic heterocycles. The normalized spacial score (nSPS) is 12.1. The number of carbonyl (C=O) groups is 1. The van der Waals surface area contributed by atoms with E-state index in [2.05, 4.69) is 10.0 Å². The van der Waals surface area contributed by atoms with Gasteiger partial charge in [0.05, 0.1) is 17.0 Å². The van der Waals surface area contributed by atoms with Gasteiger partial charge >= 0.3 is 0 Å². The number of aliphatic hydroxyl groups is 1. The van der Waals surface area contributed by atoms with E-state index in [1.54, 1.807) is 18.2 Å². The first-order valence-electron chi connectivity index (χ1n) is 6.87. The summed E-state index contributed by atoms with van der Waals surface area (Å²) in [6, 6.07) is 7.83. The third-order valence-corrected chi connectivity index (χ3v) is 4.82. The van der Waals surface area contributed by atoms with Crippen LogP contribution in [-0.2, 0) is 14.8 Å². The lowest BCUT2D eigenvalue weighted by atomic mass is 9.98. The van der Waals surface area contributed by atoms with E-state index in [0.29, 0.717) is 12.8 Å². The Kier molecular flexibility index (Phi) is 6.32. The van der Waals surface area contributed by atoms with Crippen LogP contribution in [0, 0.1) is 0 Å². The van der Waals surface area contributed by atoms with Crippen LogP contribution >= 0.6 is 0 Å². The highest BCUT2D eigenvalue weighted by Crippen LogP contribution is 2.12. The van der Waals surface area contributed by atoms with Gasteiger partial charge in [-0.05, 0) is 25.0 Å². The molecule has 0 unspecified atom stereocenters. The first-order valence-corrected chi connectivity index (χ1v) is 8.35. The Bertz CT molecular complexity index is 554. The molecule has 0 fully saturated rings. The lowest BCUT2D eigenvalue weighted by Crippen LogP contribution is -2.45. The molecule has 7 heteroatoms. The zero-order valence-corrected chi connectivity index (χ0v) is 13.1. The van der Waals surface area contributed by atoms with Crippen LogP contribution in [0.1, 0.15) is 26.7 Å². The Morgan fingerprint density at radius 3 is 2.29 bits per heavy atom. The van der Waals surface area contributed by atoms with E-state index in [1.165, 1.54) is 12.1 Å². The molecule has 0 atom stereocenters. The van der Waals surface area contributed by atoms with Crippen molar-refractivity contribution in [2.75, 3.05) is 13.1 Å². The molecular weight excluding hydrogens is 292 g/mol. The smallest absolute Gasteiger partial charge is 0.241 e. The van der Waals surface area contributed by atoms with Crippen LogP contribution in [-0.4, -0.2) is 38.1 Å². The summed E-state index contributed by atoms with van der Waals surface area (Å²) < 4.78 is 26.0. The topological polar surface area (TPSA) is 95.5 Å². The highest BCUT2D eigenvalue weighted by atomic mass is 32.2. The quantitative estimate of drug-likeness (QED) is 0.656. The molecule has 1 rings (SSSR count). The summed E-state index contributed by atoms with van der Waals surface area (Å²) in [6.45, 7) is 3.40. The first-order chi connectivity index (χ1) is 9.83. The summed E-state index contributed by atoms with van der Waals surface area (Å²) in [5.74, 6) is -0.477. The Hall–Kier alpha value is -1.44.